The number of aromatic nitrogens is 4. The van der Waals surface area contributed by atoms with Crippen molar-refractivity contribution < 1.29 is 14.1 Å². The zero-order valence-electron chi connectivity index (χ0n) is 14.0. The van der Waals surface area contributed by atoms with Crippen LogP contribution in [-0.4, -0.2) is 39.5 Å². The maximum atomic E-state index is 12.1. The highest BCUT2D eigenvalue weighted by atomic mass is 16.5. The molecule has 0 bridgehead atoms. The number of ether oxygens (including phenoxy) is 1. The van der Waals surface area contributed by atoms with Crippen LogP contribution in [0.25, 0.3) is 0 Å². The molecule has 0 aliphatic heterocycles. The molecule has 1 atom stereocenters. The smallest absolute Gasteiger partial charge is 0.220 e. The SMILES string of the molecule is COCCn1cnnc1[C@H](C)NC(=O)CCc1c(C)noc1C. The van der Waals surface area contributed by atoms with Crippen LogP contribution in [0.1, 0.15) is 42.2 Å². The number of aryl methyl sites for hydroxylation is 2. The Bertz CT molecular complexity index is 630. The minimum absolute atomic E-state index is 0.0428. The van der Waals surface area contributed by atoms with Crippen LogP contribution in [0.5, 0.6) is 0 Å². The first-order valence-corrected chi connectivity index (χ1v) is 7.60. The average molecular weight is 321 g/mol. The van der Waals surface area contributed by atoms with Crippen molar-refractivity contribution in [3.63, 3.8) is 0 Å². The first-order valence-electron chi connectivity index (χ1n) is 7.60. The molecular weight excluding hydrogens is 298 g/mol. The van der Waals surface area contributed by atoms with Gasteiger partial charge in [-0.1, -0.05) is 5.16 Å². The maximum absolute atomic E-state index is 12.1. The zero-order valence-corrected chi connectivity index (χ0v) is 14.0. The summed E-state index contributed by atoms with van der Waals surface area (Å²) in [6, 6.07) is -0.216. The summed E-state index contributed by atoms with van der Waals surface area (Å²) in [5.74, 6) is 1.44. The Labute approximate surface area is 135 Å². The summed E-state index contributed by atoms with van der Waals surface area (Å²) in [5.41, 5.74) is 1.83. The second kappa shape index (κ2) is 7.87. The van der Waals surface area contributed by atoms with Crippen LogP contribution in [0.2, 0.25) is 0 Å². The third-order valence-electron chi connectivity index (χ3n) is 3.73. The Morgan fingerprint density at radius 1 is 1.48 bits per heavy atom. The Morgan fingerprint density at radius 3 is 2.91 bits per heavy atom. The molecule has 8 heteroatoms. The Morgan fingerprint density at radius 2 is 2.26 bits per heavy atom. The quantitative estimate of drug-likeness (QED) is 0.788. The van der Waals surface area contributed by atoms with Crippen LogP contribution in [0.15, 0.2) is 10.9 Å². The molecular formula is C15H23N5O3. The lowest BCUT2D eigenvalue weighted by Crippen LogP contribution is -2.29. The van der Waals surface area contributed by atoms with Crippen molar-refractivity contribution in [2.75, 3.05) is 13.7 Å². The van der Waals surface area contributed by atoms with E-state index in [0.717, 1.165) is 17.0 Å². The van der Waals surface area contributed by atoms with Gasteiger partial charge in [0.25, 0.3) is 0 Å². The Kier molecular flexibility index (Phi) is 5.86. The number of hydrogen-bond acceptors (Lipinski definition) is 6. The van der Waals surface area contributed by atoms with Crippen LogP contribution >= 0.6 is 0 Å². The van der Waals surface area contributed by atoms with Crippen molar-refractivity contribution in [1.29, 1.82) is 0 Å². The normalized spacial score (nSPS) is 12.3. The molecule has 0 aromatic carbocycles. The predicted molar refractivity (Wildman–Crippen MR) is 82.8 cm³/mol. The highest BCUT2D eigenvalue weighted by molar-refractivity contribution is 5.76. The van der Waals surface area contributed by atoms with Gasteiger partial charge in [0.05, 0.1) is 18.3 Å². The number of rotatable bonds is 8. The lowest BCUT2D eigenvalue weighted by molar-refractivity contribution is -0.121. The van der Waals surface area contributed by atoms with E-state index in [4.69, 9.17) is 9.26 Å². The molecule has 23 heavy (non-hydrogen) atoms. The first-order chi connectivity index (χ1) is 11.0. The monoisotopic (exact) mass is 321 g/mol. The van der Waals surface area contributed by atoms with E-state index in [1.165, 1.54) is 0 Å². The van der Waals surface area contributed by atoms with Crippen molar-refractivity contribution in [3.05, 3.63) is 29.2 Å². The second-order valence-corrected chi connectivity index (χ2v) is 5.47. The summed E-state index contributed by atoms with van der Waals surface area (Å²) < 4.78 is 12.0. The molecule has 8 nitrogen and oxygen atoms in total. The third-order valence-corrected chi connectivity index (χ3v) is 3.73. The van der Waals surface area contributed by atoms with Gasteiger partial charge in [-0.3, -0.25) is 4.79 Å². The molecule has 1 amide bonds. The molecule has 2 rings (SSSR count). The van der Waals surface area contributed by atoms with Crippen LogP contribution < -0.4 is 5.32 Å². The van der Waals surface area contributed by atoms with Crippen LogP contribution in [0.3, 0.4) is 0 Å². The van der Waals surface area contributed by atoms with Gasteiger partial charge in [0.15, 0.2) is 5.82 Å². The number of carbonyl (C=O) groups excluding carboxylic acids is 1. The number of hydrogen-bond donors (Lipinski definition) is 1. The summed E-state index contributed by atoms with van der Waals surface area (Å²) in [6.07, 6.45) is 2.62. The number of nitrogens with one attached hydrogen (secondary N) is 1. The number of amides is 1. The standard InChI is InChI=1S/C15H23N5O3/c1-10-13(12(3)23-19-10)5-6-14(21)17-11(2)15-18-16-9-20(15)7-8-22-4/h9,11H,5-8H2,1-4H3,(H,17,21)/t11-/m0/s1. The highest BCUT2D eigenvalue weighted by Crippen LogP contribution is 2.15. The molecule has 2 aromatic heterocycles. The molecule has 0 saturated carbocycles. The highest BCUT2D eigenvalue weighted by Gasteiger charge is 2.17. The average Bonchev–Trinajstić information content (AvgIpc) is 3.10. The number of carbonyl (C=O) groups is 1. The van der Waals surface area contributed by atoms with Crippen molar-refractivity contribution >= 4 is 5.91 Å². The molecule has 0 spiro atoms. The summed E-state index contributed by atoms with van der Waals surface area (Å²) in [7, 11) is 1.64. The van der Waals surface area contributed by atoms with Gasteiger partial charge in [-0.2, -0.15) is 0 Å². The van der Waals surface area contributed by atoms with Gasteiger partial charge in [-0.15, -0.1) is 10.2 Å². The third kappa shape index (κ3) is 4.38. The van der Waals surface area contributed by atoms with Crippen molar-refractivity contribution in [2.45, 2.75) is 46.2 Å². The fourth-order valence-corrected chi connectivity index (χ4v) is 2.44. The van der Waals surface area contributed by atoms with E-state index in [-0.39, 0.29) is 11.9 Å². The minimum atomic E-state index is -0.216. The molecule has 126 valence electrons. The van der Waals surface area contributed by atoms with E-state index in [9.17, 15) is 4.79 Å². The minimum Gasteiger partial charge on any atom is -0.383 e. The largest absolute Gasteiger partial charge is 0.383 e. The molecule has 0 aliphatic carbocycles. The molecule has 2 aromatic rings. The lowest BCUT2D eigenvalue weighted by atomic mass is 10.1. The van der Waals surface area contributed by atoms with Gasteiger partial charge >= 0.3 is 0 Å². The molecule has 0 saturated heterocycles. The van der Waals surface area contributed by atoms with E-state index in [2.05, 4.69) is 20.7 Å². The summed E-state index contributed by atoms with van der Waals surface area (Å²) >= 11 is 0. The summed E-state index contributed by atoms with van der Waals surface area (Å²) in [6.45, 7) is 6.84. The van der Waals surface area contributed by atoms with Gasteiger partial charge in [-0.05, 0) is 27.2 Å². The molecule has 1 N–H and O–H groups in total. The molecule has 0 fully saturated rings. The maximum Gasteiger partial charge on any atom is 0.220 e. The van der Waals surface area contributed by atoms with Crippen LogP contribution in [0, 0.1) is 13.8 Å². The molecule has 0 unspecified atom stereocenters. The topological polar surface area (TPSA) is 95.1 Å². The Balaban J connectivity index is 1.89. The zero-order chi connectivity index (χ0) is 16.8. The van der Waals surface area contributed by atoms with Crippen molar-refractivity contribution in [3.8, 4) is 0 Å². The van der Waals surface area contributed by atoms with E-state index in [1.54, 1.807) is 13.4 Å². The van der Waals surface area contributed by atoms with E-state index < -0.39 is 0 Å². The first kappa shape index (κ1) is 17.1. The summed E-state index contributed by atoms with van der Waals surface area (Å²) in [5, 5.41) is 14.8. The van der Waals surface area contributed by atoms with Gasteiger partial charge < -0.3 is 19.1 Å². The fraction of sp³-hybridized carbons (Fsp3) is 0.600. The van der Waals surface area contributed by atoms with E-state index in [1.807, 2.05) is 25.3 Å². The van der Waals surface area contributed by atoms with Crippen molar-refractivity contribution in [2.24, 2.45) is 0 Å². The van der Waals surface area contributed by atoms with Gasteiger partial charge in [0, 0.05) is 25.6 Å². The molecule has 0 radical (unpaired) electrons. The fourth-order valence-electron chi connectivity index (χ4n) is 2.44. The van der Waals surface area contributed by atoms with Crippen LogP contribution in [-0.2, 0) is 22.5 Å². The van der Waals surface area contributed by atoms with Crippen molar-refractivity contribution in [1.82, 2.24) is 25.2 Å². The molecule has 2 heterocycles. The lowest BCUT2D eigenvalue weighted by Gasteiger charge is -2.14. The molecule has 0 aliphatic rings. The number of nitrogens with zero attached hydrogens (tertiary/aromatic N) is 4. The van der Waals surface area contributed by atoms with Gasteiger partial charge in [0.2, 0.25) is 5.91 Å². The van der Waals surface area contributed by atoms with Gasteiger partial charge in [-0.25, -0.2) is 0 Å². The van der Waals surface area contributed by atoms with E-state index >= 15 is 0 Å². The predicted octanol–water partition coefficient (Wildman–Crippen LogP) is 1.34. The Hall–Kier alpha value is -2.22. The van der Waals surface area contributed by atoms with Gasteiger partial charge in [0.1, 0.15) is 12.1 Å². The second-order valence-electron chi connectivity index (χ2n) is 5.47. The number of methoxy groups -OCH3 is 1. The van der Waals surface area contributed by atoms with Crippen LogP contribution in [0.4, 0.5) is 0 Å². The van der Waals surface area contributed by atoms with E-state index in [0.29, 0.717) is 31.8 Å². The summed E-state index contributed by atoms with van der Waals surface area (Å²) in [4.78, 5) is 12.1.